The highest BCUT2D eigenvalue weighted by molar-refractivity contribution is 4.95. The van der Waals surface area contributed by atoms with Gasteiger partial charge in [-0.1, -0.05) is 27.2 Å². The summed E-state index contributed by atoms with van der Waals surface area (Å²) in [4.78, 5) is 5.28. The van der Waals surface area contributed by atoms with Crippen molar-refractivity contribution in [2.45, 2.75) is 71.9 Å². The van der Waals surface area contributed by atoms with Gasteiger partial charge in [0.25, 0.3) is 0 Å². The third kappa shape index (κ3) is 4.19. The second kappa shape index (κ2) is 7.24. The van der Waals surface area contributed by atoms with Crippen molar-refractivity contribution in [3.63, 3.8) is 0 Å². The van der Waals surface area contributed by atoms with Gasteiger partial charge in [-0.25, -0.2) is 0 Å². The third-order valence-corrected chi connectivity index (χ3v) is 5.36. The van der Waals surface area contributed by atoms with Gasteiger partial charge in [-0.05, 0) is 39.5 Å². The van der Waals surface area contributed by atoms with E-state index in [1.807, 2.05) is 0 Å². The van der Waals surface area contributed by atoms with E-state index < -0.39 is 0 Å². The summed E-state index contributed by atoms with van der Waals surface area (Å²) in [6, 6.07) is 0. The van der Waals surface area contributed by atoms with Gasteiger partial charge < -0.3 is 5.73 Å². The molecule has 2 N–H and O–H groups in total. The molecule has 2 unspecified atom stereocenters. The first-order valence-corrected chi connectivity index (χ1v) is 8.49. The number of rotatable bonds is 6. The summed E-state index contributed by atoms with van der Waals surface area (Å²) in [6.07, 6.45) is 3.67. The molecule has 1 heterocycles. The molecule has 0 aromatic rings. The van der Waals surface area contributed by atoms with E-state index in [-0.39, 0.29) is 5.54 Å². The summed E-state index contributed by atoms with van der Waals surface area (Å²) in [7, 11) is 0. The molecule has 0 amide bonds. The molecule has 1 saturated heterocycles. The topological polar surface area (TPSA) is 32.5 Å². The second-order valence-electron chi connectivity index (χ2n) is 7.64. The highest BCUT2D eigenvalue weighted by Crippen LogP contribution is 2.30. The van der Waals surface area contributed by atoms with Crippen molar-refractivity contribution < 1.29 is 0 Å². The van der Waals surface area contributed by atoms with E-state index in [2.05, 4.69) is 51.3 Å². The van der Waals surface area contributed by atoms with E-state index in [0.29, 0.717) is 5.54 Å². The van der Waals surface area contributed by atoms with Crippen molar-refractivity contribution in [3.8, 4) is 0 Å². The Morgan fingerprint density at radius 3 is 1.85 bits per heavy atom. The molecule has 1 fully saturated rings. The van der Waals surface area contributed by atoms with E-state index in [4.69, 9.17) is 5.73 Å². The van der Waals surface area contributed by atoms with Gasteiger partial charge in [-0.2, -0.15) is 0 Å². The van der Waals surface area contributed by atoms with Gasteiger partial charge in [0.1, 0.15) is 0 Å². The summed E-state index contributed by atoms with van der Waals surface area (Å²) in [5.41, 5.74) is 6.73. The normalized spacial score (nSPS) is 23.6. The molecule has 3 nitrogen and oxygen atoms in total. The lowest BCUT2D eigenvalue weighted by atomic mass is 9.82. The lowest BCUT2D eigenvalue weighted by Crippen LogP contribution is -2.62. The molecule has 3 heteroatoms. The molecule has 20 heavy (non-hydrogen) atoms. The molecule has 120 valence electrons. The Balaban J connectivity index is 2.71. The average Bonchev–Trinajstić information content (AvgIpc) is 2.44. The fourth-order valence-electron chi connectivity index (χ4n) is 3.50. The van der Waals surface area contributed by atoms with Crippen molar-refractivity contribution in [1.82, 2.24) is 9.80 Å². The minimum Gasteiger partial charge on any atom is -0.329 e. The zero-order valence-electron chi connectivity index (χ0n) is 14.7. The molecule has 0 aromatic heterocycles. The Morgan fingerprint density at radius 1 is 1.00 bits per heavy atom. The van der Waals surface area contributed by atoms with Crippen LogP contribution < -0.4 is 5.73 Å². The number of piperazine rings is 1. The van der Waals surface area contributed by atoms with Crippen molar-refractivity contribution in [3.05, 3.63) is 0 Å². The monoisotopic (exact) mass is 283 g/mol. The smallest absolute Gasteiger partial charge is 0.0332 e. The quantitative estimate of drug-likeness (QED) is 0.813. The van der Waals surface area contributed by atoms with Crippen LogP contribution in [0.5, 0.6) is 0 Å². The highest BCUT2D eigenvalue weighted by atomic mass is 15.3. The van der Waals surface area contributed by atoms with Crippen LogP contribution in [0.1, 0.15) is 60.8 Å². The van der Waals surface area contributed by atoms with Crippen molar-refractivity contribution in [2.75, 3.05) is 32.7 Å². The first kappa shape index (κ1) is 17.9. The number of nitrogens with zero attached hydrogens (tertiary/aromatic N) is 2. The molecule has 0 radical (unpaired) electrons. The zero-order chi connectivity index (χ0) is 15.4. The van der Waals surface area contributed by atoms with Crippen molar-refractivity contribution in [1.29, 1.82) is 0 Å². The van der Waals surface area contributed by atoms with Crippen LogP contribution in [0.25, 0.3) is 0 Å². The Bertz CT molecular complexity index is 270. The van der Waals surface area contributed by atoms with E-state index in [0.717, 1.165) is 12.5 Å². The van der Waals surface area contributed by atoms with E-state index >= 15 is 0 Å². The average molecular weight is 284 g/mol. The second-order valence-corrected chi connectivity index (χ2v) is 7.64. The predicted molar refractivity (Wildman–Crippen MR) is 89.0 cm³/mol. The van der Waals surface area contributed by atoms with Crippen LogP contribution in [0.15, 0.2) is 0 Å². The van der Waals surface area contributed by atoms with E-state index in [1.165, 1.54) is 45.4 Å². The minimum absolute atomic E-state index is 0.222. The van der Waals surface area contributed by atoms with Crippen LogP contribution in [0.2, 0.25) is 0 Å². The van der Waals surface area contributed by atoms with Crippen molar-refractivity contribution in [2.24, 2.45) is 11.7 Å². The zero-order valence-corrected chi connectivity index (χ0v) is 14.7. The van der Waals surface area contributed by atoms with Crippen LogP contribution in [-0.2, 0) is 0 Å². The third-order valence-electron chi connectivity index (χ3n) is 5.36. The Hall–Kier alpha value is -0.120. The van der Waals surface area contributed by atoms with Gasteiger partial charge in [0.05, 0.1) is 0 Å². The Kier molecular flexibility index (Phi) is 6.49. The molecule has 1 aliphatic heterocycles. The molecular weight excluding hydrogens is 246 g/mol. The maximum atomic E-state index is 6.22. The lowest BCUT2D eigenvalue weighted by Gasteiger charge is -2.50. The van der Waals surface area contributed by atoms with Gasteiger partial charge >= 0.3 is 0 Å². The van der Waals surface area contributed by atoms with Gasteiger partial charge in [0, 0.05) is 43.8 Å². The summed E-state index contributed by atoms with van der Waals surface area (Å²) >= 11 is 0. The number of hydrogen-bond donors (Lipinski definition) is 1. The molecule has 0 aromatic carbocycles. The van der Waals surface area contributed by atoms with Crippen LogP contribution in [0.3, 0.4) is 0 Å². The summed E-state index contributed by atoms with van der Waals surface area (Å²) < 4.78 is 0. The number of hydrogen-bond acceptors (Lipinski definition) is 3. The van der Waals surface area contributed by atoms with Gasteiger partial charge in [-0.15, -0.1) is 0 Å². The Labute approximate surface area is 126 Å². The van der Waals surface area contributed by atoms with E-state index in [9.17, 15) is 0 Å². The van der Waals surface area contributed by atoms with Crippen molar-refractivity contribution >= 4 is 0 Å². The molecule has 0 spiro atoms. The SMILES string of the molecule is CCC(C)CC(CC)(CN)N1CCN(C(C)(C)C)CC1. The molecular formula is C17H37N3. The first-order chi connectivity index (χ1) is 9.29. The minimum atomic E-state index is 0.222. The van der Waals surface area contributed by atoms with Gasteiger partial charge in [0.15, 0.2) is 0 Å². The van der Waals surface area contributed by atoms with E-state index in [1.54, 1.807) is 0 Å². The van der Waals surface area contributed by atoms with Gasteiger partial charge in [-0.3, -0.25) is 9.80 Å². The van der Waals surface area contributed by atoms with Crippen LogP contribution in [-0.4, -0.2) is 53.6 Å². The van der Waals surface area contributed by atoms with Crippen LogP contribution in [0.4, 0.5) is 0 Å². The largest absolute Gasteiger partial charge is 0.329 e. The maximum Gasteiger partial charge on any atom is 0.0332 e. The first-order valence-electron chi connectivity index (χ1n) is 8.49. The highest BCUT2D eigenvalue weighted by Gasteiger charge is 2.37. The Morgan fingerprint density at radius 2 is 1.50 bits per heavy atom. The standard InChI is InChI=1S/C17H37N3/c1-7-15(3)13-17(8-2,14-18)20-11-9-19(10-12-20)16(4,5)6/h15H,7-14,18H2,1-6H3. The van der Waals surface area contributed by atoms with Crippen LogP contribution in [0, 0.1) is 5.92 Å². The molecule has 0 saturated carbocycles. The summed E-state index contributed by atoms with van der Waals surface area (Å²) in [6.45, 7) is 19.4. The lowest BCUT2D eigenvalue weighted by molar-refractivity contribution is -0.00772. The molecule has 1 aliphatic rings. The molecule has 1 rings (SSSR count). The molecule has 0 aliphatic carbocycles. The molecule has 2 atom stereocenters. The maximum absolute atomic E-state index is 6.22. The molecule has 0 bridgehead atoms. The summed E-state index contributed by atoms with van der Waals surface area (Å²) in [5, 5.41) is 0. The van der Waals surface area contributed by atoms with Gasteiger partial charge in [0.2, 0.25) is 0 Å². The summed E-state index contributed by atoms with van der Waals surface area (Å²) in [5.74, 6) is 0.763. The predicted octanol–water partition coefficient (Wildman–Crippen LogP) is 2.95. The number of nitrogens with two attached hydrogens (primary N) is 1. The fraction of sp³-hybridized carbons (Fsp3) is 1.00. The van der Waals surface area contributed by atoms with Crippen LogP contribution >= 0.6 is 0 Å². The fourth-order valence-corrected chi connectivity index (χ4v) is 3.50.